The van der Waals surface area contributed by atoms with Crippen molar-refractivity contribution in [2.75, 3.05) is 31.2 Å². The highest BCUT2D eigenvalue weighted by atomic mass is 35.5. The first-order chi connectivity index (χ1) is 11.8. The van der Waals surface area contributed by atoms with E-state index in [9.17, 15) is 0 Å². The van der Waals surface area contributed by atoms with Gasteiger partial charge in [0.2, 0.25) is 0 Å². The molecule has 0 saturated carbocycles. The largest absolute Gasteiger partial charge is 0.302 e. The van der Waals surface area contributed by atoms with Gasteiger partial charge in [-0.1, -0.05) is 41.9 Å². The molecule has 0 radical (unpaired) electrons. The highest BCUT2D eigenvalue weighted by Crippen LogP contribution is 2.47. The Bertz CT molecular complexity index is 716. The molecule has 126 valence electrons. The van der Waals surface area contributed by atoms with Crippen molar-refractivity contribution in [2.24, 2.45) is 0 Å². The molecule has 2 heterocycles. The number of nitrogens with zero attached hydrogens (tertiary/aromatic N) is 2. The molecular weight excluding hydrogens is 338 g/mol. The minimum Gasteiger partial charge on any atom is -0.302 e. The molecule has 0 amide bonds. The zero-order valence-corrected chi connectivity index (χ0v) is 15.2. The highest BCUT2D eigenvalue weighted by molar-refractivity contribution is 7.99. The summed E-state index contributed by atoms with van der Waals surface area (Å²) in [5, 5.41) is 2.98. The van der Waals surface area contributed by atoms with E-state index in [0.29, 0.717) is 0 Å². The van der Waals surface area contributed by atoms with Crippen molar-refractivity contribution >= 4 is 34.7 Å². The first-order valence-electron chi connectivity index (χ1n) is 8.64. The molecule has 0 aromatic heterocycles. The molecular formula is C19H22ClN3S. The van der Waals surface area contributed by atoms with E-state index in [1.54, 1.807) is 11.8 Å². The third-order valence-corrected chi connectivity index (χ3v) is 6.00. The Morgan fingerprint density at radius 3 is 2.62 bits per heavy atom. The van der Waals surface area contributed by atoms with Crippen LogP contribution in [-0.2, 0) is 0 Å². The standard InChI is InChI=1S/C19H22ClN3S/c20-15-8-9-19-17(14-15)23(16-6-2-3-7-18(16)24-19)21-10-13-22-11-4-1-5-12-22/h2-3,6-9,14,21H,1,4-5,10-13H2. The average Bonchev–Trinajstić information content (AvgIpc) is 2.62. The minimum absolute atomic E-state index is 0.775. The Morgan fingerprint density at radius 1 is 0.958 bits per heavy atom. The van der Waals surface area contributed by atoms with Crippen LogP contribution in [0.1, 0.15) is 19.3 Å². The summed E-state index contributed by atoms with van der Waals surface area (Å²) in [6.45, 7) is 4.49. The fraction of sp³-hybridized carbons (Fsp3) is 0.368. The smallest absolute Gasteiger partial charge is 0.0732 e. The first kappa shape index (κ1) is 16.3. The van der Waals surface area contributed by atoms with E-state index in [1.807, 2.05) is 12.1 Å². The van der Waals surface area contributed by atoms with E-state index in [4.69, 9.17) is 11.6 Å². The Kier molecular flexibility index (Phi) is 4.99. The number of nitrogens with one attached hydrogen (secondary N) is 1. The van der Waals surface area contributed by atoms with E-state index < -0.39 is 0 Å². The molecule has 3 nitrogen and oxygen atoms in total. The molecule has 0 unspecified atom stereocenters. The van der Waals surface area contributed by atoms with Gasteiger partial charge in [-0.15, -0.1) is 0 Å². The van der Waals surface area contributed by atoms with Gasteiger partial charge in [0, 0.05) is 27.9 Å². The van der Waals surface area contributed by atoms with Crippen molar-refractivity contribution in [3.63, 3.8) is 0 Å². The third-order valence-electron chi connectivity index (χ3n) is 4.63. The Labute approximate surface area is 152 Å². The summed E-state index contributed by atoms with van der Waals surface area (Å²) >= 11 is 8.06. The van der Waals surface area contributed by atoms with E-state index in [2.05, 4.69) is 45.7 Å². The number of anilines is 2. The fourth-order valence-corrected chi connectivity index (χ4v) is 4.61. The average molecular weight is 360 g/mol. The lowest BCUT2D eigenvalue weighted by Gasteiger charge is -2.34. The van der Waals surface area contributed by atoms with Crippen molar-refractivity contribution in [1.29, 1.82) is 0 Å². The van der Waals surface area contributed by atoms with Crippen LogP contribution in [0.4, 0.5) is 11.4 Å². The molecule has 5 heteroatoms. The fourth-order valence-electron chi connectivity index (χ4n) is 3.40. The highest BCUT2D eigenvalue weighted by Gasteiger charge is 2.23. The second-order valence-corrected chi connectivity index (χ2v) is 7.85. The van der Waals surface area contributed by atoms with Crippen LogP contribution in [0.3, 0.4) is 0 Å². The van der Waals surface area contributed by atoms with Crippen molar-refractivity contribution in [3.8, 4) is 0 Å². The van der Waals surface area contributed by atoms with Crippen molar-refractivity contribution in [3.05, 3.63) is 47.5 Å². The van der Waals surface area contributed by atoms with Gasteiger partial charge in [0.15, 0.2) is 0 Å². The summed E-state index contributed by atoms with van der Waals surface area (Å²) < 4.78 is 0. The summed E-state index contributed by atoms with van der Waals surface area (Å²) in [6, 6.07) is 14.7. The van der Waals surface area contributed by atoms with Gasteiger partial charge >= 0.3 is 0 Å². The SMILES string of the molecule is Clc1ccc2c(c1)N(NCCN1CCCCC1)c1ccccc1S2. The molecule has 2 aliphatic heterocycles. The summed E-state index contributed by atoms with van der Waals surface area (Å²) in [5.41, 5.74) is 5.98. The monoisotopic (exact) mass is 359 g/mol. The number of fused-ring (bicyclic) bond motifs is 2. The minimum atomic E-state index is 0.775. The molecule has 1 N–H and O–H groups in total. The van der Waals surface area contributed by atoms with Gasteiger partial charge in [-0.3, -0.25) is 5.01 Å². The van der Waals surface area contributed by atoms with Crippen LogP contribution in [0.15, 0.2) is 52.3 Å². The van der Waals surface area contributed by atoms with Gasteiger partial charge in [-0.05, 0) is 56.3 Å². The van der Waals surface area contributed by atoms with Gasteiger partial charge in [-0.25, -0.2) is 5.43 Å². The quantitative estimate of drug-likeness (QED) is 0.833. The topological polar surface area (TPSA) is 18.5 Å². The summed E-state index contributed by atoms with van der Waals surface area (Å²) in [7, 11) is 0. The van der Waals surface area contributed by atoms with Crippen LogP contribution < -0.4 is 10.4 Å². The maximum atomic E-state index is 6.25. The summed E-state index contributed by atoms with van der Waals surface area (Å²) in [5.74, 6) is 0. The van der Waals surface area contributed by atoms with Gasteiger partial charge in [0.05, 0.1) is 11.4 Å². The molecule has 24 heavy (non-hydrogen) atoms. The first-order valence-corrected chi connectivity index (χ1v) is 9.83. The number of likely N-dealkylation sites (tertiary alicyclic amines) is 1. The number of benzene rings is 2. The van der Waals surface area contributed by atoms with E-state index in [-0.39, 0.29) is 0 Å². The molecule has 0 atom stereocenters. The third kappa shape index (κ3) is 3.42. The Balaban J connectivity index is 1.53. The number of rotatable bonds is 4. The molecule has 0 aliphatic carbocycles. The predicted molar refractivity (Wildman–Crippen MR) is 102 cm³/mol. The van der Waals surface area contributed by atoms with Crippen molar-refractivity contribution in [1.82, 2.24) is 10.3 Å². The van der Waals surface area contributed by atoms with E-state index >= 15 is 0 Å². The van der Waals surface area contributed by atoms with Crippen molar-refractivity contribution in [2.45, 2.75) is 29.1 Å². The number of hydrogen-bond acceptors (Lipinski definition) is 4. The van der Waals surface area contributed by atoms with E-state index in [0.717, 1.165) is 23.8 Å². The van der Waals surface area contributed by atoms with Crippen LogP contribution in [0.2, 0.25) is 5.02 Å². The second kappa shape index (κ2) is 7.36. The maximum Gasteiger partial charge on any atom is 0.0732 e. The van der Waals surface area contributed by atoms with Crippen LogP contribution in [0, 0.1) is 0 Å². The normalized spacial score (nSPS) is 17.5. The zero-order chi connectivity index (χ0) is 16.4. The lowest BCUT2D eigenvalue weighted by molar-refractivity contribution is 0.229. The number of hydrazine groups is 1. The van der Waals surface area contributed by atoms with Gasteiger partial charge < -0.3 is 4.90 Å². The molecule has 1 fully saturated rings. The Morgan fingerprint density at radius 2 is 1.75 bits per heavy atom. The molecule has 0 spiro atoms. The van der Waals surface area contributed by atoms with Gasteiger partial charge in [0.1, 0.15) is 0 Å². The van der Waals surface area contributed by atoms with Gasteiger partial charge in [-0.2, -0.15) is 0 Å². The number of halogens is 1. The lowest BCUT2D eigenvalue weighted by atomic mass is 10.1. The number of hydrogen-bond donors (Lipinski definition) is 1. The van der Waals surface area contributed by atoms with Crippen LogP contribution in [0.5, 0.6) is 0 Å². The molecule has 2 aliphatic rings. The number of piperidine rings is 1. The van der Waals surface area contributed by atoms with Gasteiger partial charge in [0.25, 0.3) is 0 Å². The maximum absolute atomic E-state index is 6.25. The van der Waals surface area contributed by atoms with Crippen LogP contribution >= 0.6 is 23.4 Å². The summed E-state index contributed by atoms with van der Waals surface area (Å²) in [6.07, 6.45) is 4.05. The zero-order valence-electron chi connectivity index (χ0n) is 13.7. The Hall–Kier alpha value is -1.20. The number of para-hydroxylation sites is 1. The van der Waals surface area contributed by atoms with Crippen LogP contribution in [-0.4, -0.2) is 31.1 Å². The van der Waals surface area contributed by atoms with Crippen LogP contribution in [0.25, 0.3) is 0 Å². The predicted octanol–water partition coefficient (Wildman–Crippen LogP) is 4.93. The lowest BCUT2D eigenvalue weighted by Crippen LogP contribution is -2.42. The van der Waals surface area contributed by atoms with E-state index in [1.165, 1.54) is 47.8 Å². The van der Waals surface area contributed by atoms with Crippen molar-refractivity contribution < 1.29 is 0 Å². The molecule has 0 bridgehead atoms. The summed E-state index contributed by atoms with van der Waals surface area (Å²) in [4.78, 5) is 5.07. The molecule has 4 rings (SSSR count). The molecule has 2 aromatic carbocycles. The molecule has 1 saturated heterocycles. The molecule has 2 aromatic rings. The second-order valence-electron chi connectivity index (χ2n) is 6.33.